The highest BCUT2D eigenvalue weighted by Gasteiger charge is 1.67. The molecule has 0 N–H and O–H groups in total. The quantitative estimate of drug-likeness (QED) is 0.448. The second-order valence-electron chi connectivity index (χ2n) is 0.886. The molecule has 6 heavy (non-hydrogen) atoms. The third kappa shape index (κ3) is 3.45. The summed E-state index contributed by atoms with van der Waals surface area (Å²) < 4.78 is 11.1. The van der Waals surface area contributed by atoms with E-state index in [1.165, 1.54) is 0 Å². The number of alkyl halides is 1. The van der Waals surface area contributed by atoms with Gasteiger partial charge in [-0.3, -0.25) is 4.39 Å². The van der Waals surface area contributed by atoms with E-state index in [0.29, 0.717) is 6.42 Å². The predicted octanol–water partition coefficient (Wildman–Crippen LogP) is 1.69. The Balaban J connectivity index is 2.86. The zero-order valence-electron chi connectivity index (χ0n) is 3.58. The molecular weight excluding hydrogens is 79.1 g/mol. The summed E-state index contributed by atoms with van der Waals surface area (Å²) in [6.07, 6.45) is 2.02. The van der Waals surface area contributed by atoms with Crippen molar-refractivity contribution in [2.24, 2.45) is 0 Å². The molecule has 0 nitrogen and oxygen atoms in total. The maximum absolute atomic E-state index is 11.1. The fourth-order valence-electron chi connectivity index (χ4n) is 0.157. The van der Waals surface area contributed by atoms with Gasteiger partial charge in [0.2, 0.25) is 0 Å². The van der Waals surface area contributed by atoms with Crippen LogP contribution in [0.2, 0.25) is 0 Å². The van der Waals surface area contributed by atoms with E-state index in [0.717, 1.165) is 0 Å². The number of halogens is 1. The lowest BCUT2D eigenvalue weighted by atomic mass is 10.5. The summed E-state index contributed by atoms with van der Waals surface area (Å²) in [4.78, 5) is 0. The van der Waals surface area contributed by atoms with Crippen molar-refractivity contribution in [3.05, 3.63) is 18.4 Å². The van der Waals surface area contributed by atoms with Crippen molar-refractivity contribution in [3.63, 3.8) is 0 Å². The van der Waals surface area contributed by atoms with Crippen LogP contribution in [0.4, 0.5) is 4.39 Å². The molecule has 0 aliphatic carbocycles. The highest BCUT2D eigenvalue weighted by molar-refractivity contribution is 4.74. The molecule has 0 aromatic carbocycles. The monoisotopic (exact) mass is 86.1 g/mol. The Morgan fingerprint density at radius 2 is 2.50 bits per heavy atom. The zero-order chi connectivity index (χ0) is 4.83. The topological polar surface area (TPSA) is 0 Å². The summed E-state index contributed by atoms with van der Waals surface area (Å²) in [5.41, 5.74) is 2.45. The molecule has 0 amide bonds. The molecule has 0 heterocycles. The van der Waals surface area contributed by atoms with Crippen LogP contribution >= 0.6 is 0 Å². The Morgan fingerprint density at radius 1 is 1.83 bits per heavy atom. The van der Waals surface area contributed by atoms with Crippen molar-refractivity contribution < 1.29 is 4.39 Å². The first-order chi connectivity index (χ1) is 2.91. The average Bonchev–Trinajstić information content (AvgIpc) is 1.61. The van der Waals surface area contributed by atoms with E-state index in [-0.39, 0.29) is 6.67 Å². The molecule has 0 spiro atoms. The maximum atomic E-state index is 11.1. The van der Waals surface area contributed by atoms with E-state index in [1.807, 2.05) is 0 Å². The molecule has 1 heteroatoms. The van der Waals surface area contributed by atoms with Gasteiger partial charge in [-0.25, -0.2) is 0 Å². The molecule has 0 saturated heterocycles. The number of hydrogen-bond donors (Lipinski definition) is 0. The Morgan fingerprint density at radius 3 is 2.67 bits per heavy atom. The van der Waals surface area contributed by atoms with Gasteiger partial charge in [-0.2, -0.15) is 0 Å². The molecular formula is C5H7F. The maximum Gasteiger partial charge on any atom is 0.0934 e. The Hall–Kier alpha value is -0.550. The van der Waals surface area contributed by atoms with Crippen molar-refractivity contribution in [2.75, 3.05) is 6.67 Å². The van der Waals surface area contributed by atoms with Crippen LogP contribution in [0.3, 0.4) is 0 Å². The number of hydrogen-bond acceptors (Lipinski definition) is 0. The van der Waals surface area contributed by atoms with Crippen LogP contribution in [0.15, 0.2) is 18.4 Å². The third-order valence-corrected chi connectivity index (χ3v) is 0.398. The summed E-state index contributed by atoms with van der Waals surface area (Å²) >= 11 is 0. The summed E-state index contributed by atoms with van der Waals surface area (Å²) in [6, 6.07) is 0. The van der Waals surface area contributed by atoms with Gasteiger partial charge in [0, 0.05) is 6.42 Å². The molecule has 0 fully saturated rings. The van der Waals surface area contributed by atoms with Crippen LogP contribution in [0, 0.1) is 0 Å². The van der Waals surface area contributed by atoms with Gasteiger partial charge in [0.05, 0.1) is 6.67 Å². The van der Waals surface area contributed by atoms with Crippen molar-refractivity contribution in [3.8, 4) is 0 Å². The Bertz CT molecular complexity index is 60.3. The second-order valence-corrected chi connectivity index (χ2v) is 0.886. The lowest BCUT2D eigenvalue weighted by Gasteiger charge is -1.70. The van der Waals surface area contributed by atoms with E-state index in [9.17, 15) is 4.39 Å². The first-order valence-corrected chi connectivity index (χ1v) is 1.82. The van der Waals surface area contributed by atoms with E-state index >= 15 is 0 Å². The minimum atomic E-state index is -0.303. The fraction of sp³-hybridized carbons (Fsp3) is 0.400. The molecule has 0 aliphatic rings. The molecule has 0 aromatic rings. The van der Waals surface area contributed by atoms with Crippen molar-refractivity contribution in [1.29, 1.82) is 0 Å². The zero-order valence-corrected chi connectivity index (χ0v) is 3.58. The Labute approximate surface area is 37.0 Å². The average molecular weight is 86.1 g/mol. The highest BCUT2D eigenvalue weighted by Crippen LogP contribution is 1.77. The minimum absolute atomic E-state index is 0.303. The van der Waals surface area contributed by atoms with Gasteiger partial charge < -0.3 is 0 Å². The van der Waals surface area contributed by atoms with Gasteiger partial charge in [0.15, 0.2) is 0 Å². The largest absolute Gasteiger partial charge is 0.251 e. The molecule has 0 rings (SSSR count). The third-order valence-electron chi connectivity index (χ3n) is 0.398. The molecule has 0 bridgehead atoms. The lowest BCUT2D eigenvalue weighted by Crippen LogP contribution is -1.62. The van der Waals surface area contributed by atoms with Gasteiger partial charge in [0.25, 0.3) is 0 Å². The van der Waals surface area contributed by atoms with Crippen LogP contribution < -0.4 is 0 Å². The molecule has 0 saturated carbocycles. The van der Waals surface area contributed by atoms with Crippen molar-refractivity contribution in [2.45, 2.75) is 6.42 Å². The molecule has 0 aliphatic heterocycles. The smallest absolute Gasteiger partial charge is 0.0934 e. The van der Waals surface area contributed by atoms with E-state index in [4.69, 9.17) is 0 Å². The summed E-state index contributed by atoms with van der Waals surface area (Å²) in [6.45, 7) is 2.95. The van der Waals surface area contributed by atoms with Crippen molar-refractivity contribution >= 4 is 0 Å². The van der Waals surface area contributed by atoms with Gasteiger partial charge >= 0.3 is 0 Å². The first kappa shape index (κ1) is 5.45. The normalized spacial score (nSPS) is 6.83. The lowest BCUT2D eigenvalue weighted by molar-refractivity contribution is 0.501. The van der Waals surface area contributed by atoms with Crippen molar-refractivity contribution in [1.82, 2.24) is 0 Å². The standard InChI is InChI=1S/C5H7F/c1-2-3-4-5-6/h3H,1,4-5H2. The van der Waals surface area contributed by atoms with E-state index in [1.54, 1.807) is 6.08 Å². The molecule has 0 atom stereocenters. The van der Waals surface area contributed by atoms with Gasteiger partial charge in [-0.1, -0.05) is 6.58 Å². The van der Waals surface area contributed by atoms with Crippen LogP contribution in [0.5, 0.6) is 0 Å². The number of rotatable bonds is 2. The van der Waals surface area contributed by atoms with Crippen LogP contribution in [-0.4, -0.2) is 6.67 Å². The summed E-state index contributed by atoms with van der Waals surface area (Å²) in [5.74, 6) is 0. The summed E-state index contributed by atoms with van der Waals surface area (Å²) in [5, 5.41) is 0. The van der Waals surface area contributed by atoms with Crippen LogP contribution in [-0.2, 0) is 0 Å². The molecule has 34 valence electrons. The predicted molar refractivity (Wildman–Crippen MR) is 24.3 cm³/mol. The SMILES string of the molecule is C=C=CCCF. The van der Waals surface area contributed by atoms with Gasteiger partial charge in [-0.15, -0.1) is 5.73 Å². The molecule has 0 aromatic heterocycles. The first-order valence-electron chi connectivity index (χ1n) is 1.82. The fourth-order valence-corrected chi connectivity index (χ4v) is 0.157. The molecule has 0 radical (unpaired) electrons. The number of allylic oxidation sites excluding steroid dienone is 1. The van der Waals surface area contributed by atoms with E-state index in [2.05, 4.69) is 12.3 Å². The Kier molecular flexibility index (Phi) is 4.04. The van der Waals surface area contributed by atoms with Gasteiger partial charge in [-0.05, 0) is 6.08 Å². The van der Waals surface area contributed by atoms with Crippen LogP contribution in [0.25, 0.3) is 0 Å². The highest BCUT2D eigenvalue weighted by atomic mass is 19.1. The van der Waals surface area contributed by atoms with Gasteiger partial charge in [0.1, 0.15) is 0 Å². The van der Waals surface area contributed by atoms with E-state index < -0.39 is 0 Å². The second kappa shape index (κ2) is 4.45. The summed E-state index contributed by atoms with van der Waals surface area (Å²) in [7, 11) is 0. The molecule has 0 unspecified atom stereocenters. The van der Waals surface area contributed by atoms with Crippen LogP contribution in [0.1, 0.15) is 6.42 Å². The minimum Gasteiger partial charge on any atom is -0.251 e.